The van der Waals surface area contributed by atoms with Crippen molar-refractivity contribution in [2.75, 3.05) is 19.8 Å². The Balaban J connectivity index is 1.56. The quantitative estimate of drug-likeness (QED) is 0.459. The molecule has 1 atom stereocenters. The monoisotopic (exact) mass is 409 g/mol. The molecule has 0 aromatic heterocycles. The molecule has 0 unspecified atom stereocenters. The Morgan fingerprint density at radius 1 is 1.00 bits per heavy atom. The average Bonchev–Trinajstić information content (AvgIpc) is 3.07. The van der Waals surface area contributed by atoms with Crippen molar-refractivity contribution < 1.29 is 29.0 Å². The first kappa shape index (κ1) is 21.3. The van der Waals surface area contributed by atoms with Crippen LogP contribution in [-0.2, 0) is 23.9 Å². The zero-order chi connectivity index (χ0) is 21.5. The summed E-state index contributed by atoms with van der Waals surface area (Å²) in [5, 5.41) is 11.8. The molecule has 7 heteroatoms. The van der Waals surface area contributed by atoms with Gasteiger partial charge in [-0.2, -0.15) is 0 Å². The fraction of sp³-hybridized carbons (Fsp3) is 0.261. The molecular formula is C23H23NO6. The fourth-order valence-corrected chi connectivity index (χ4v) is 3.50. The third-order valence-electron chi connectivity index (χ3n) is 4.90. The van der Waals surface area contributed by atoms with E-state index in [1.165, 1.54) is 6.08 Å². The summed E-state index contributed by atoms with van der Waals surface area (Å²) < 4.78 is 10.2. The van der Waals surface area contributed by atoms with E-state index in [0.717, 1.165) is 22.3 Å². The van der Waals surface area contributed by atoms with Gasteiger partial charge in [0.15, 0.2) is 0 Å². The summed E-state index contributed by atoms with van der Waals surface area (Å²) in [4.78, 5) is 35.1. The standard InChI is InChI=1S/C23H23NO6/c1-2-11-29-21(25)12-20(23(27)28)24-13-22(26)30-14-19-17-9-5-3-7-15(17)16-8-4-6-10-18(16)19/h2-10,19-20,24H,1,11-14H2,(H,27,28)/t20-/m0/s1. The summed E-state index contributed by atoms with van der Waals surface area (Å²) in [6.45, 7) is 3.23. The van der Waals surface area contributed by atoms with Gasteiger partial charge in [0.05, 0.1) is 13.0 Å². The lowest BCUT2D eigenvalue weighted by Crippen LogP contribution is -2.42. The number of carboxylic acids is 1. The molecule has 0 fully saturated rings. The molecular weight excluding hydrogens is 386 g/mol. The predicted molar refractivity (Wildman–Crippen MR) is 110 cm³/mol. The van der Waals surface area contributed by atoms with E-state index < -0.39 is 30.4 Å². The first-order chi connectivity index (χ1) is 14.5. The van der Waals surface area contributed by atoms with Gasteiger partial charge in [-0.1, -0.05) is 61.2 Å². The Kier molecular flexibility index (Phi) is 6.98. The average molecular weight is 409 g/mol. The highest BCUT2D eigenvalue weighted by Crippen LogP contribution is 2.44. The minimum atomic E-state index is -1.25. The molecule has 0 bridgehead atoms. The van der Waals surface area contributed by atoms with Crippen LogP contribution in [0.5, 0.6) is 0 Å². The Morgan fingerprint density at radius 3 is 2.17 bits per heavy atom. The van der Waals surface area contributed by atoms with E-state index in [0.29, 0.717) is 0 Å². The second kappa shape index (κ2) is 9.84. The van der Waals surface area contributed by atoms with Gasteiger partial charge in [-0.15, -0.1) is 0 Å². The molecule has 2 aromatic carbocycles. The van der Waals surface area contributed by atoms with Crippen molar-refractivity contribution >= 4 is 17.9 Å². The van der Waals surface area contributed by atoms with Crippen LogP contribution >= 0.6 is 0 Å². The van der Waals surface area contributed by atoms with Crippen molar-refractivity contribution in [2.45, 2.75) is 18.4 Å². The molecule has 1 aliphatic carbocycles. The second-order valence-electron chi connectivity index (χ2n) is 6.86. The van der Waals surface area contributed by atoms with Crippen molar-refractivity contribution in [3.8, 4) is 11.1 Å². The molecule has 0 saturated carbocycles. The molecule has 2 aromatic rings. The fourth-order valence-electron chi connectivity index (χ4n) is 3.50. The molecule has 0 aliphatic heterocycles. The Hall–Kier alpha value is -3.45. The Bertz CT molecular complexity index is 909. The van der Waals surface area contributed by atoms with Crippen molar-refractivity contribution in [2.24, 2.45) is 0 Å². The van der Waals surface area contributed by atoms with Crippen molar-refractivity contribution in [1.29, 1.82) is 0 Å². The van der Waals surface area contributed by atoms with Gasteiger partial charge in [-0.3, -0.25) is 19.7 Å². The molecule has 0 spiro atoms. The van der Waals surface area contributed by atoms with E-state index in [1.54, 1.807) is 0 Å². The van der Waals surface area contributed by atoms with Crippen LogP contribution < -0.4 is 5.32 Å². The first-order valence-electron chi connectivity index (χ1n) is 9.57. The lowest BCUT2D eigenvalue weighted by atomic mass is 9.98. The maximum atomic E-state index is 12.2. The molecule has 3 rings (SSSR count). The Morgan fingerprint density at radius 2 is 1.60 bits per heavy atom. The van der Waals surface area contributed by atoms with Crippen molar-refractivity contribution in [3.05, 3.63) is 72.3 Å². The molecule has 2 N–H and O–H groups in total. The van der Waals surface area contributed by atoms with Gasteiger partial charge in [-0.25, -0.2) is 0 Å². The smallest absolute Gasteiger partial charge is 0.321 e. The summed E-state index contributed by atoms with van der Waals surface area (Å²) >= 11 is 0. The highest BCUT2D eigenvalue weighted by atomic mass is 16.5. The molecule has 0 heterocycles. The number of benzene rings is 2. The van der Waals surface area contributed by atoms with Gasteiger partial charge in [0.1, 0.15) is 19.3 Å². The van der Waals surface area contributed by atoms with Gasteiger partial charge in [0, 0.05) is 5.92 Å². The minimum absolute atomic E-state index is 0.00243. The summed E-state index contributed by atoms with van der Waals surface area (Å²) in [6.07, 6.45) is 0.984. The SMILES string of the molecule is C=CCOC(=O)C[C@H](NCC(=O)OCC1c2ccccc2-c2ccccc21)C(=O)O. The molecule has 30 heavy (non-hydrogen) atoms. The molecule has 0 saturated heterocycles. The van der Waals surface area contributed by atoms with Crippen LogP contribution in [0.25, 0.3) is 11.1 Å². The second-order valence-corrected chi connectivity index (χ2v) is 6.86. The maximum Gasteiger partial charge on any atom is 0.321 e. The zero-order valence-corrected chi connectivity index (χ0v) is 16.4. The highest BCUT2D eigenvalue weighted by Gasteiger charge is 2.29. The van der Waals surface area contributed by atoms with E-state index in [2.05, 4.69) is 11.9 Å². The third-order valence-corrected chi connectivity index (χ3v) is 4.90. The van der Waals surface area contributed by atoms with Crippen LogP contribution in [0, 0.1) is 0 Å². The summed E-state index contributed by atoms with van der Waals surface area (Å²) in [7, 11) is 0. The number of hydrogen-bond acceptors (Lipinski definition) is 6. The maximum absolute atomic E-state index is 12.2. The van der Waals surface area contributed by atoms with Crippen LogP contribution in [0.4, 0.5) is 0 Å². The normalized spacial score (nSPS) is 13.1. The summed E-state index contributed by atoms with van der Waals surface area (Å²) in [5.41, 5.74) is 4.42. The van der Waals surface area contributed by atoms with Crippen molar-refractivity contribution in [3.63, 3.8) is 0 Å². The minimum Gasteiger partial charge on any atom is -0.480 e. The number of aliphatic carboxylic acids is 1. The number of hydrogen-bond donors (Lipinski definition) is 2. The summed E-state index contributed by atoms with van der Waals surface area (Å²) in [6, 6.07) is 14.7. The Labute approximate surface area is 174 Å². The highest BCUT2D eigenvalue weighted by molar-refractivity contribution is 5.82. The number of esters is 2. The number of carbonyl (C=O) groups is 3. The van der Waals surface area contributed by atoms with Gasteiger partial charge in [-0.05, 0) is 22.3 Å². The van der Waals surface area contributed by atoms with Crippen LogP contribution in [0.15, 0.2) is 61.2 Å². The van der Waals surface area contributed by atoms with Gasteiger partial charge < -0.3 is 14.6 Å². The van der Waals surface area contributed by atoms with E-state index >= 15 is 0 Å². The number of carbonyl (C=O) groups excluding carboxylic acids is 2. The topological polar surface area (TPSA) is 102 Å². The lowest BCUT2D eigenvalue weighted by Gasteiger charge is -2.16. The molecule has 156 valence electrons. The van der Waals surface area contributed by atoms with E-state index in [1.807, 2.05) is 48.5 Å². The summed E-state index contributed by atoms with van der Waals surface area (Å²) in [5.74, 6) is -2.62. The van der Waals surface area contributed by atoms with E-state index in [4.69, 9.17) is 9.47 Å². The van der Waals surface area contributed by atoms with Crippen LogP contribution in [0.1, 0.15) is 23.5 Å². The number of rotatable bonds is 10. The van der Waals surface area contributed by atoms with Crippen molar-refractivity contribution in [1.82, 2.24) is 5.32 Å². The molecule has 0 radical (unpaired) electrons. The van der Waals surface area contributed by atoms with E-state index in [9.17, 15) is 19.5 Å². The molecule has 0 amide bonds. The molecule has 1 aliphatic rings. The van der Waals surface area contributed by atoms with Gasteiger partial charge in [0.2, 0.25) is 0 Å². The molecule has 7 nitrogen and oxygen atoms in total. The predicted octanol–water partition coefficient (Wildman–Crippen LogP) is 2.50. The lowest BCUT2D eigenvalue weighted by molar-refractivity contribution is -0.150. The van der Waals surface area contributed by atoms with Crippen LogP contribution in [0.3, 0.4) is 0 Å². The van der Waals surface area contributed by atoms with Crippen LogP contribution in [0.2, 0.25) is 0 Å². The third kappa shape index (κ3) is 4.93. The van der Waals surface area contributed by atoms with E-state index in [-0.39, 0.29) is 25.7 Å². The van der Waals surface area contributed by atoms with Gasteiger partial charge in [0.25, 0.3) is 0 Å². The first-order valence-corrected chi connectivity index (χ1v) is 9.57. The van der Waals surface area contributed by atoms with Gasteiger partial charge >= 0.3 is 17.9 Å². The van der Waals surface area contributed by atoms with Crippen LogP contribution in [-0.4, -0.2) is 48.8 Å². The number of ether oxygens (including phenoxy) is 2. The number of fused-ring (bicyclic) bond motifs is 3. The number of carboxylic acid groups (broad SMARTS) is 1. The zero-order valence-electron chi connectivity index (χ0n) is 16.4. The largest absolute Gasteiger partial charge is 0.480 e. The number of nitrogens with one attached hydrogen (secondary N) is 1.